The number of nitrogens with zero attached hydrogens (tertiary/aromatic N) is 1. The summed E-state index contributed by atoms with van der Waals surface area (Å²) in [5, 5.41) is 15.7. The normalized spacial score (nSPS) is 20.4. The maximum absolute atomic E-state index is 11.5. The summed E-state index contributed by atoms with van der Waals surface area (Å²) in [7, 11) is 0. The fourth-order valence-corrected chi connectivity index (χ4v) is 2.02. The van der Waals surface area contributed by atoms with Gasteiger partial charge >= 0.3 is 0 Å². The van der Waals surface area contributed by atoms with Gasteiger partial charge in [-0.05, 0) is 23.8 Å². The first-order chi connectivity index (χ1) is 7.84. The van der Waals surface area contributed by atoms with Crippen LogP contribution in [-0.4, -0.2) is 13.2 Å². The number of pyridine rings is 1. The summed E-state index contributed by atoms with van der Waals surface area (Å²) >= 11 is 0. The molecule has 0 amide bonds. The van der Waals surface area contributed by atoms with E-state index in [2.05, 4.69) is 5.32 Å². The number of aromatic nitrogens is 1. The smallest absolute Gasteiger partial charge is 0.223 e. The second kappa shape index (κ2) is 3.73. The Kier molecular flexibility index (Phi) is 2.23. The van der Waals surface area contributed by atoms with Crippen molar-refractivity contribution in [3.05, 3.63) is 47.3 Å². The molecule has 0 saturated carbocycles. The summed E-state index contributed by atoms with van der Waals surface area (Å²) in [6.45, 7) is 1.61. The second-order valence-corrected chi connectivity index (χ2v) is 3.86. The molecule has 3 rings (SSSR count). The number of hydrogen-bond acceptors (Lipinski definition) is 3. The summed E-state index contributed by atoms with van der Waals surface area (Å²) < 4.78 is 6.40. The molecule has 0 spiro atoms. The van der Waals surface area contributed by atoms with Gasteiger partial charge in [0.2, 0.25) is 5.52 Å². The fourth-order valence-electron chi connectivity index (χ4n) is 2.02. The van der Waals surface area contributed by atoms with E-state index < -0.39 is 0 Å². The maximum Gasteiger partial charge on any atom is 0.223 e. The van der Waals surface area contributed by atoms with Gasteiger partial charge in [-0.25, -0.2) is 0 Å². The Morgan fingerprint density at radius 3 is 3.12 bits per heavy atom. The Bertz CT molecular complexity index is 521. The summed E-state index contributed by atoms with van der Waals surface area (Å²) in [6.07, 6.45) is 1.47. The highest BCUT2D eigenvalue weighted by Gasteiger charge is 2.17. The number of hydrogen-bond donors (Lipinski definition) is 1. The minimum absolute atomic E-state index is 0.0373. The highest BCUT2D eigenvalue weighted by atomic mass is 16.5. The summed E-state index contributed by atoms with van der Waals surface area (Å²) in [6, 6.07) is 9.44. The van der Waals surface area contributed by atoms with Gasteiger partial charge in [-0.3, -0.25) is 5.32 Å². The first-order valence-corrected chi connectivity index (χ1v) is 5.31. The minimum atomic E-state index is -0.0373. The van der Waals surface area contributed by atoms with Crippen molar-refractivity contribution in [1.82, 2.24) is 5.32 Å². The Labute approximate surface area is 93.0 Å². The molecule has 1 aromatic heterocycles. The molecule has 1 N–H and O–H groups in total. The molecule has 82 valence electrons. The first kappa shape index (κ1) is 9.57. The average Bonchev–Trinajstić information content (AvgIpc) is 2.82. The molecule has 1 unspecified atom stereocenters. The van der Waals surface area contributed by atoms with Gasteiger partial charge in [0, 0.05) is 24.1 Å². The summed E-state index contributed by atoms with van der Waals surface area (Å²) in [5.74, 6) is 0. The molecule has 0 bridgehead atoms. The van der Waals surface area contributed by atoms with Crippen molar-refractivity contribution in [2.45, 2.75) is 6.23 Å². The average molecular weight is 216 g/mol. The van der Waals surface area contributed by atoms with Crippen molar-refractivity contribution < 1.29 is 9.47 Å². The topological polar surface area (TPSA) is 48.2 Å². The fraction of sp³-hybridized carbons (Fsp3) is 0.250. The summed E-state index contributed by atoms with van der Waals surface area (Å²) in [5.41, 5.74) is 1.75. The molecule has 4 heteroatoms. The molecular weight excluding hydrogens is 204 g/mol. The van der Waals surface area contributed by atoms with Crippen molar-refractivity contribution >= 4 is 10.9 Å². The number of nitrogens with one attached hydrogen (secondary N) is 1. The van der Waals surface area contributed by atoms with E-state index >= 15 is 0 Å². The lowest BCUT2D eigenvalue weighted by Crippen LogP contribution is -2.25. The maximum atomic E-state index is 11.5. The van der Waals surface area contributed by atoms with Crippen LogP contribution in [0.5, 0.6) is 0 Å². The van der Waals surface area contributed by atoms with Crippen LogP contribution in [0.1, 0.15) is 11.8 Å². The molecule has 2 aromatic rings. The van der Waals surface area contributed by atoms with E-state index in [4.69, 9.17) is 4.74 Å². The highest BCUT2D eigenvalue weighted by Crippen LogP contribution is 2.21. The van der Waals surface area contributed by atoms with E-state index in [0.29, 0.717) is 5.52 Å². The zero-order valence-electron chi connectivity index (χ0n) is 8.72. The van der Waals surface area contributed by atoms with Crippen LogP contribution in [-0.2, 0) is 4.74 Å². The van der Waals surface area contributed by atoms with Crippen molar-refractivity contribution in [3.63, 3.8) is 0 Å². The van der Waals surface area contributed by atoms with Crippen molar-refractivity contribution in [1.29, 1.82) is 0 Å². The zero-order chi connectivity index (χ0) is 11.0. The van der Waals surface area contributed by atoms with Crippen molar-refractivity contribution in [2.24, 2.45) is 0 Å². The van der Waals surface area contributed by atoms with Crippen LogP contribution >= 0.6 is 0 Å². The molecule has 0 aliphatic carbocycles. The molecule has 1 aliphatic rings. The third-order valence-corrected chi connectivity index (χ3v) is 2.81. The SMILES string of the molecule is [O-][n+]1cccc2cc(C3NCCO3)ccc21. The third-order valence-electron chi connectivity index (χ3n) is 2.81. The molecule has 0 radical (unpaired) electrons. The van der Waals surface area contributed by atoms with E-state index in [1.165, 1.54) is 6.20 Å². The van der Waals surface area contributed by atoms with Crippen molar-refractivity contribution in [2.75, 3.05) is 13.2 Å². The van der Waals surface area contributed by atoms with Gasteiger partial charge in [-0.2, -0.15) is 4.73 Å². The van der Waals surface area contributed by atoms with Crippen molar-refractivity contribution in [3.8, 4) is 0 Å². The number of fused-ring (bicyclic) bond motifs is 1. The van der Waals surface area contributed by atoms with E-state index in [9.17, 15) is 5.21 Å². The molecule has 16 heavy (non-hydrogen) atoms. The Morgan fingerprint density at radius 1 is 1.38 bits per heavy atom. The van der Waals surface area contributed by atoms with Gasteiger partial charge in [0.25, 0.3) is 0 Å². The number of benzene rings is 1. The lowest BCUT2D eigenvalue weighted by atomic mass is 10.1. The van der Waals surface area contributed by atoms with Gasteiger partial charge in [-0.1, -0.05) is 0 Å². The van der Waals surface area contributed by atoms with E-state index in [1.807, 2.05) is 24.3 Å². The Morgan fingerprint density at radius 2 is 2.31 bits per heavy atom. The number of rotatable bonds is 1. The monoisotopic (exact) mass is 216 g/mol. The minimum Gasteiger partial charge on any atom is -0.618 e. The first-order valence-electron chi connectivity index (χ1n) is 5.31. The van der Waals surface area contributed by atoms with Gasteiger partial charge in [0.1, 0.15) is 6.23 Å². The second-order valence-electron chi connectivity index (χ2n) is 3.86. The van der Waals surface area contributed by atoms with Gasteiger partial charge in [-0.15, -0.1) is 0 Å². The quantitative estimate of drug-likeness (QED) is 0.573. The molecule has 1 fully saturated rings. The van der Waals surface area contributed by atoms with E-state index in [1.54, 1.807) is 6.07 Å². The van der Waals surface area contributed by atoms with Crippen LogP contribution in [0.2, 0.25) is 0 Å². The molecular formula is C12H12N2O2. The van der Waals surface area contributed by atoms with Crippen LogP contribution in [0, 0.1) is 5.21 Å². The van der Waals surface area contributed by atoms with Gasteiger partial charge in [0.05, 0.1) is 6.61 Å². The van der Waals surface area contributed by atoms with E-state index in [-0.39, 0.29) is 6.23 Å². The predicted octanol–water partition coefficient (Wildman–Crippen LogP) is 1.09. The lowest BCUT2D eigenvalue weighted by molar-refractivity contribution is -0.577. The molecule has 2 heterocycles. The van der Waals surface area contributed by atoms with Crippen LogP contribution in [0.3, 0.4) is 0 Å². The predicted molar refractivity (Wildman–Crippen MR) is 59.6 cm³/mol. The third kappa shape index (κ3) is 1.52. The van der Waals surface area contributed by atoms with Gasteiger partial charge < -0.3 is 9.94 Å². The number of ether oxygens (including phenoxy) is 1. The summed E-state index contributed by atoms with van der Waals surface area (Å²) in [4.78, 5) is 0. The van der Waals surface area contributed by atoms with E-state index in [0.717, 1.165) is 28.8 Å². The van der Waals surface area contributed by atoms with Crippen LogP contribution in [0.4, 0.5) is 0 Å². The van der Waals surface area contributed by atoms with Gasteiger partial charge in [0.15, 0.2) is 6.20 Å². The molecule has 1 atom stereocenters. The molecule has 1 aromatic carbocycles. The van der Waals surface area contributed by atoms with Crippen LogP contribution < -0.4 is 10.0 Å². The Hall–Kier alpha value is -1.65. The lowest BCUT2D eigenvalue weighted by Gasteiger charge is -2.10. The largest absolute Gasteiger partial charge is 0.618 e. The molecule has 1 saturated heterocycles. The molecule has 1 aliphatic heterocycles. The Balaban J connectivity index is 2.08. The highest BCUT2D eigenvalue weighted by molar-refractivity contribution is 5.76. The zero-order valence-corrected chi connectivity index (χ0v) is 8.72. The van der Waals surface area contributed by atoms with Crippen LogP contribution in [0.25, 0.3) is 10.9 Å². The van der Waals surface area contributed by atoms with Crippen LogP contribution in [0.15, 0.2) is 36.5 Å². The standard InChI is InChI=1S/C12H12N2O2/c15-14-6-1-2-9-8-10(3-4-11(9)14)12-13-5-7-16-12/h1-4,6,8,12-13H,5,7H2. The molecule has 4 nitrogen and oxygen atoms in total.